The first-order valence-electron chi connectivity index (χ1n) is 10.5. The minimum atomic E-state index is -4.67. The average Bonchev–Trinajstić information content (AvgIpc) is 3.21. The van der Waals surface area contributed by atoms with Crippen LogP contribution in [0.2, 0.25) is 0 Å². The standard InChI is InChI=1S/C22H21F5N4O2/c1-12-9-30(6-7-32-12)16-11-33-17-8-13(23)2-3-14(17)19(16)29-20-15(24)4-5-31-10-18(22(25,26)27)28-21(20)31/h2-5,8,10,12,16,19,29H,6-7,9,11H2,1H3/t12-,16+,19+/m1/s1. The van der Waals surface area contributed by atoms with Crippen LogP contribution in [0.4, 0.5) is 27.6 Å². The second kappa shape index (κ2) is 8.14. The van der Waals surface area contributed by atoms with Crippen molar-refractivity contribution in [3.8, 4) is 5.75 Å². The SMILES string of the molecule is C[C@@H]1CN([C@H]2COc3cc(F)ccc3[C@@H]2Nc2c(F)ccn3cc(C(F)(F)F)nc23)CCO1. The molecule has 33 heavy (non-hydrogen) atoms. The molecule has 2 aliphatic rings. The minimum absolute atomic E-state index is 0.0316. The van der Waals surface area contributed by atoms with E-state index in [0.717, 1.165) is 16.7 Å². The highest BCUT2D eigenvalue weighted by atomic mass is 19.4. The quantitative estimate of drug-likeness (QED) is 0.582. The first kappa shape index (κ1) is 21.9. The Bertz CT molecular complexity index is 1180. The average molecular weight is 468 g/mol. The van der Waals surface area contributed by atoms with Crippen molar-refractivity contribution >= 4 is 11.3 Å². The molecule has 1 aromatic carbocycles. The van der Waals surface area contributed by atoms with Crippen molar-refractivity contribution in [2.75, 3.05) is 31.6 Å². The summed E-state index contributed by atoms with van der Waals surface area (Å²) in [6.07, 6.45) is -2.70. The van der Waals surface area contributed by atoms with Gasteiger partial charge in [0.1, 0.15) is 23.9 Å². The van der Waals surface area contributed by atoms with E-state index in [2.05, 4.69) is 15.2 Å². The maximum Gasteiger partial charge on any atom is 0.434 e. The van der Waals surface area contributed by atoms with Crippen LogP contribution in [0.25, 0.3) is 5.65 Å². The fraction of sp³-hybridized carbons (Fsp3) is 0.409. The zero-order valence-electron chi connectivity index (χ0n) is 17.6. The Kier molecular flexibility index (Phi) is 5.40. The summed E-state index contributed by atoms with van der Waals surface area (Å²) in [5, 5.41) is 3.08. The number of benzene rings is 1. The molecule has 1 fully saturated rings. The molecule has 0 spiro atoms. The number of alkyl halides is 3. The van der Waals surface area contributed by atoms with Crippen molar-refractivity contribution in [2.24, 2.45) is 0 Å². The van der Waals surface area contributed by atoms with E-state index >= 15 is 0 Å². The summed E-state index contributed by atoms with van der Waals surface area (Å²) in [7, 11) is 0. The molecule has 3 atom stereocenters. The lowest BCUT2D eigenvalue weighted by Gasteiger charge is -2.44. The molecule has 1 saturated heterocycles. The Balaban J connectivity index is 1.58. The molecular weight excluding hydrogens is 447 g/mol. The van der Waals surface area contributed by atoms with Crippen molar-refractivity contribution in [1.82, 2.24) is 14.3 Å². The molecule has 3 aromatic rings. The molecule has 0 amide bonds. The number of anilines is 1. The van der Waals surface area contributed by atoms with Gasteiger partial charge in [0.15, 0.2) is 17.2 Å². The van der Waals surface area contributed by atoms with Gasteiger partial charge in [-0.05, 0) is 19.1 Å². The van der Waals surface area contributed by atoms with Gasteiger partial charge in [-0.15, -0.1) is 0 Å². The molecule has 6 nitrogen and oxygen atoms in total. The lowest BCUT2D eigenvalue weighted by atomic mass is 9.94. The lowest BCUT2D eigenvalue weighted by Crippen LogP contribution is -2.54. The van der Waals surface area contributed by atoms with Crippen molar-refractivity contribution in [1.29, 1.82) is 0 Å². The van der Waals surface area contributed by atoms with Gasteiger partial charge in [-0.2, -0.15) is 13.2 Å². The summed E-state index contributed by atoms with van der Waals surface area (Å²) < 4.78 is 81.0. The van der Waals surface area contributed by atoms with Gasteiger partial charge >= 0.3 is 6.18 Å². The number of ether oxygens (including phenoxy) is 2. The van der Waals surface area contributed by atoms with Gasteiger partial charge in [-0.25, -0.2) is 13.8 Å². The number of halogens is 5. The van der Waals surface area contributed by atoms with Gasteiger partial charge in [0.25, 0.3) is 0 Å². The molecule has 2 aliphatic heterocycles. The number of nitrogens with one attached hydrogen (secondary N) is 1. The van der Waals surface area contributed by atoms with Gasteiger partial charge in [0, 0.05) is 37.1 Å². The number of pyridine rings is 1. The summed E-state index contributed by atoms with van der Waals surface area (Å²) in [5.41, 5.74) is -0.895. The molecule has 0 bridgehead atoms. The van der Waals surface area contributed by atoms with Crippen LogP contribution in [0.5, 0.6) is 5.75 Å². The molecular formula is C22H21F5N4O2. The van der Waals surface area contributed by atoms with Crippen molar-refractivity contribution in [2.45, 2.75) is 31.3 Å². The van der Waals surface area contributed by atoms with Gasteiger partial charge in [-0.3, -0.25) is 4.90 Å². The Morgan fingerprint density at radius 1 is 1.18 bits per heavy atom. The molecule has 1 N–H and O–H groups in total. The van der Waals surface area contributed by atoms with E-state index in [1.165, 1.54) is 18.3 Å². The first-order valence-corrected chi connectivity index (χ1v) is 10.5. The third-order valence-corrected chi connectivity index (χ3v) is 6.01. The number of morpholine rings is 1. The van der Waals surface area contributed by atoms with E-state index < -0.39 is 29.5 Å². The van der Waals surface area contributed by atoms with E-state index in [9.17, 15) is 22.0 Å². The number of rotatable bonds is 3. The van der Waals surface area contributed by atoms with Crippen LogP contribution in [0.15, 0.2) is 36.7 Å². The van der Waals surface area contributed by atoms with Crippen LogP contribution in [-0.2, 0) is 10.9 Å². The number of hydrogen-bond donors (Lipinski definition) is 1. The molecule has 0 aliphatic carbocycles. The third kappa shape index (κ3) is 4.10. The molecule has 5 rings (SSSR count). The van der Waals surface area contributed by atoms with Crippen LogP contribution < -0.4 is 10.1 Å². The molecule has 4 heterocycles. The van der Waals surface area contributed by atoms with Crippen LogP contribution in [0.3, 0.4) is 0 Å². The van der Waals surface area contributed by atoms with Crippen LogP contribution in [0, 0.1) is 11.6 Å². The monoisotopic (exact) mass is 468 g/mol. The van der Waals surface area contributed by atoms with Gasteiger partial charge in [-0.1, -0.05) is 6.07 Å². The molecule has 176 valence electrons. The van der Waals surface area contributed by atoms with E-state index in [4.69, 9.17) is 9.47 Å². The summed E-state index contributed by atoms with van der Waals surface area (Å²) in [6, 6.07) is 4.25. The highest BCUT2D eigenvalue weighted by Gasteiger charge is 2.39. The van der Waals surface area contributed by atoms with Crippen LogP contribution in [0.1, 0.15) is 24.2 Å². The predicted octanol–water partition coefficient (Wildman–Crippen LogP) is 4.27. The number of hydrogen-bond acceptors (Lipinski definition) is 5. The molecule has 0 unspecified atom stereocenters. The predicted molar refractivity (Wildman–Crippen MR) is 109 cm³/mol. The van der Waals surface area contributed by atoms with Crippen LogP contribution in [-0.4, -0.2) is 52.7 Å². The normalized spacial score (nSPS) is 23.9. The summed E-state index contributed by atoms with van der Waals surface area (Å²) in [5.74, 6) is -0.926. The van der Waals surface area contributed by atoms with E-state index in [1.54, 1.807) is 6.07 Å². The van der Waals surface area contributed by atoms with Gasteiger partial charge < -0.3 is 19.2 Å². The molecule has 0 radical (unpaired) electrons. The van der Waals surface area contributed by atoms with E-state index in [1.807, 2.05) is 6.92 Å². The van der Waals surface area contributed by atoms with E-state index in [-0.39, 0.29) is 30.1 Å². The van der Waals surface area contributed by atoms with E-state index in [0.29, 0.717) is 31.0 Å². The fourth-order valence-corrected chi connectivity index (χ4v) is 4.46. The van der Waals surface area contributed by atoms with Crippen molar-refractivity contribution in [3.63, 3.8) is 0 Å². The molecule has 2 aromatic heterocycles. The van der Waals surface area contributed by atoms with Crippen molar-refractivity contribution in [3.05, 3.63) is 59.6 Å². The Morgan fingerprint density at radius 2 is 2.00 bits per heavy atom. The second-order valence-corrected chi connectivity index (χ2v) is 8.25. The van der Waals surface area contributed by atoms with Crippen molar-refractivity contribution < 1.29 is 31.4 Å². The maximum atomic E-state index is 14.9. The largest absolute Gasteiger partial charge is 0.491 e. The Hall–Kier alpha value is -2.92. The zero-order valence-corrected chi connectivity index (χ0v) is 17.6. The topological polar surface area (TPSA) is 51.0 Å². The second-order valence-electron chi connectivity index (χ2n) is 8.25. The first-order chi connectivity index (χ1) is 15.7. The summed E-state index contributed by atoms with van der Waals surface area (Å²) >= 11 is 0. The summed E-state index contributed by atoms with van der Waals surface area (Å²) in [4.78, 5) is 5.77. The smallest absolute Gasteiger partial charge is 0.434 e. The summed E-state index contributed by atoms with van der Waals surface area (Å²) in [6.45, 7) is 3.82. The lowest BCUT2D eigenvalue weighted by molar-refractivity contribution is -0.140. The van der Waals surface area contributed by atoms with Crippen LogP contribution >= 0.6 is 0 Å². The number of imidazole rings is 1. The van der Waals surface area contributed by atoms with Gasteiger partial charge in [0.2, 0.25) is 0 Å². The zero-order chi connectivity index (χ0) is 23.3. The molecule has 0 saturated carbocycles. The van der Waals surface area contributed by atoms with Gasteiger partial charge in [0.05, 0.1) is 24.8 Å². The maximum absolute atomic E-state index is 14.9. The number of aromatic nitrogens is 2. The Morgan fingerprint density at radius 3 is 2.76 bits per heavy atom. The number of nitrogens with zero attached hydrogens (tertiary/aromatic N) is 3. The number of fused-ring (bicyclic) bond motifs is 2. The highest BCUT2D eigenvalue weighted by Crippen LogP contribution is 2.39. The third-order valence-electron chi connectivity index (χ3n) is 6.01. The fourth-order valence-electron chi connectivity index (χ4n) is 4.46. The molecule has 11 heteroatoms. The minimum Gasteiger partial charge on any atom is -0.491 e. The highest BCUT2D eigenvalue weighted by molar-refractivity contribution is 5.70. The Labute approximate surface area is 185 Å².